The van der Waals surface area contributed by atoms with Gasteiger partial charge in [-0.15, -0.1) is 0 Å². The van der Waals surface area contributed by atoms with Gasteiger partial charge < -0.3 is 23.8 Å². The van der Waals surface area contributed by atoms with Crippen LogP contribution < -0.4 is 18.9 Å². The van der Waals surface area contributed by atoms with Gasteiger partial charge in [0.2, 0.25) is 6.10 Å². The molecule has 2 aliphatic rings. The number of methoxy groups -OCH3 is 2. The number of carbonyl (C=O) groups is 1. The Morgan fingerprint density at radius 2 is 1.70 bits per heavy atom. The summed E-state index contributed by atoms with van der Waals surface area (Å²) in [6.45, 7) is 5.49. The van der Waals surface area contributed by atoms with Crippen LogP contribution in [0.25, 0.3) is 0 Å². The number of hydrogen-bond donors (Lipinski definition) is 0. The number of amides is 1. The molecule has 2 atom stereocenters. The van der Waals surface area contributed by atoms with Crippen LogP contribution in [-0.2, 0) is 11.3 Å². The number of carbonyl (C=O) groups excluding carboxylic acids is 1. The van der Waals surface area contributed by atoms with Crippen molar-refractivity contribution in [2.75, 3.05) is 40.4 Å². The summed E-state index contributed by atoms with van der Waals surface area (Å²) in [5.41, 5.74) is 1.07. The molecule has 4 rings (SSSR count). The van der Waals surface area contributed by atoms with Crippen molar-refractivity contribution < 1.29 is 23.7 Å². The number of hydrogen-bond acceptors (Lipinski definition) is 6. The van der Waals surface area contributed by atoms with Gasteiger partial charge in [-0.3, -0.25) is 9.69 Å². The zero-order chi connectivity index (χ0) is 21.1. The summed E-state index contributed by atoms with van der Waals surface area (Å²) in [6.07, 6.45) is -0.948. The number of fused-ring (bicyclic) bond motifs is 1. The van der Waals surface area contributed by atoms with Gasteiger partial charge in [0.25, 0.3) is 5.91 Å². The van der Waals surface area contributed by atoms with Crippen molar-refractivity contribution in [2.24, 2.45) is 0 Å². The van der Waals surface area contributed by atoms with Crippen LogP contribution in [0.15, 0.2) is 42.5 Å². The first kappa shape index (κ1) is 20.3. The lowest BCUT2D eigenvalue weighted by Gasteiger charge is -2.38. The summed E-state index contributed by atoms with van der Waals surface area (Å²) in [5.74, 6) is 2.94. The number of nitrogens with zero attached hydrogens (tertiary/aromatic N) is 2. The Bertz CT molecular complexity index is 895. The van der Waals surface area contributed by atoms with Crippen LogP contribution in [0, 0.1) is 0 Å². The van der Waals surface area contributed by atoms with E-state index in [0.717, 1.165) is 36.7 Å². The van der Waals surface area contributed by atoms with Crippen molar-refractivity contribution in [3.8, 4) is 23.0 Å². The first-order valence-corrected chi connectivity index (χ1v) is 10.2. The molecule has 7 heteroatoms. The fourth-order valence-corrected chi connectivity index (χ4v) is 3.94. The SMILES string of the molecule is COc1ccc(OC)c(CN2CCN(C(=O)C3Oc4ccccc4OC3C)CC2)c1. The second-order valence-corrected chi connectivity index (χ2v) is 7.59. The highest BCUT2D eigenvalue weighted by Crippen LogP contribution is 2.34. The Kier molecular flexibility index (Phi) is 5.99. The quantitative estimate of drug-likeness (QED) is 0.752. The standard InChI is InChI=1S/C23H28N2O5/c1-16-22(30-21-7-5-4-6-20(21)29-16)23(26)25-12-10-24(11-13-25)15-17-14-18(27-2)8-9-19(17)28-3/h4-9,14,16,22H,10-13,15H2,1-3H3. The van der Waals surface area contributed by atoms with Crippen molar-refractivity contribution in [1.29, 1.82) is 0 Å². The van der Waals surface area contributed by atoms with E-state index in [9.17, 15) is 4.79 Å². The molecule has 0 spiro atoms. The molecule has 0 aliphatic carbocycles. The van der Waals surface area contributed by atoms with Gasteiger partial charge in [-0.1, -0.05) is 12.1 Å². The van der Waals surface area contributed by atoms with Crippen molar-refractivity contribution >= 4 is 5.91 Å². The van der Waals surface area contributed by atoms with E-state index in [1.54, 1.807) is 14.2 Å². The Morgan fingerprint density at radius 3 is 2.37 bits per heavy atom. The molecule has 0 aromatic heterocycles. The summed E-state index contributed by atoms with van der Waals surface area (Å²) in [7, 11) is 3.33. The Balaban J connectivity index is 1.36. The van der Waals surface area contributed by atoms with E-state index in [4.69, 9.17) is 18.9 Å². The Morgan fingerprint density at radius 1 is 1.00 bits per heavy atom. The van der Waals surface area contributed by atoms with E-state index >= 15 is 0 Å². The van der Waals surface area contributed by atoms with Crippen LogP contribution in [0.5, 0.6) is 23.0 Å². The largest absolute Gasteiger partial charge is 0.497 e. The number of benzene rings is 2. The normalized spacial score (nSPS) is 21.2. The molecule has 2 aromatic rings. The fourth-order valence-electron chi connectivity index (χ4n) is 3.94. The van der Waals surface area contributed by atoms with Gasteiger partial charge >= 0.3 is 0 Å². The molecule has 0 saturated carbocycles. The highest BCUT2D eigenvalue weighted by molar-refractivity contribution is 5.82. The Labute approximate surface area is 177 Å². The number of ether oxygens (including phenoxy) is 4. The van der Waals surface area contributed by atoms with Crippen molar-refractivity contribution in [1.82, 2.24) is 9.80 Å². The van der Waals surface area contributed by atoms with Crippen molar-refractivity contribution in [2.45, 2.75) is 25.7 Å². The molecule has 1 amide bonds. The molecular formula is C23H28N2O5. The molecule has 0 N–H and O–H groups in total. The van der Waals surface area contributed by atoms with Crippen LogP contribution in [-0.4, -0.2) is 68.3 Å². The third-order valence-electron chi connectivity index (χ3n) is 5.65. The van der Waals surface area contributed by atoms with Crippen molar-refractivity contribution in [3.05, 3.63) is 48.0 Å². The lowest BCUT2D eigenvalue weighted by molar-refractivity contribution is -0.146. The number of para-hydroxylation sites is 2. The average Bonchev–Trinajstić information content (AvgIpc) is 2.78. The van der Waals surface area contributed by atoms with E-state index in [-0.39, 0.29) is 12.0 Å². The molecular weight excluding hydrogens is 384 g/mol. The summed E-state index contributed by atoms with van der Waals surface area (Å²) in [6, 6.07) is 13.3. The lowest BCUT2D eigenvalue weighted by Crippen LogP contribution is -2.55. The lowest BCUT2D eigenvalue weighted by atomic mass is 10.1. The summed E-state index contributed by atoms with van der Waals surface area (Å²) >= 11 is 0. The molecule has 0 radical (unpaired) electrons. The maximum atomic E-state index is 13.1. The topological polar surface area (TPSA) is 60.5 Å². The third-order valence-corrected chi connectivity index (χ3v) is 5.65. The van der Waals surface area contributed by atoms with Crippen molar-refractivity contribution in [3.63, 3.8) is 0 Å². The van der Waals surface area contributed by atoms with Gasteiger partial charge in [0.15, 0.2) is 11.5 Å². The monoisotopic (exact) mass is 412 g/mol. The smallest absolute Gasteiger partial charge is 0.267 e. The molecule has 7 nitrogen and oxygen atoms in total. The average molecular weight is 412 g/mol. The van der Waals surface area contributed by atoms with Crippen LogP contribution in [0.3, 0.4) is 0 Å². The second kappa shape index (κ2) is 8.83. The molecule has 1 fully saturated rings. The van der Waals surface area contributed by atoms with Gasteiger partial charge in [0.1, 0.15) is 17.6 Å². The minimum Gasteiger partial charge on any atom is -0.497 e. The van der Waals surface area contributed by atoms with Crippen LogP contribution in [0.2, 0.25) is 0 Å². The van der Waals surface area contributed by atoms with Gasteiger partial charge in [-0.2, -0.15) is 0 Å². The van der Waals surface area contributed by atoms with E-state index in [2.05, 4.69) is 4.90 Å². The first-order chi connectivity index (χ1) is 14.6. The molecule has 1 saturated heterocycles. The predicted molar refractivity (Wildman–Crippen MR) is 112 cm³/mol. The van der Waals surface area contributed by atoms with E-state index in [1.165, 1.54) is 0 Å². The molecule has 2 aliphatic heterocycles. The highest BCUT2D eigenvalue weighted by Gasteiger charge is 2.37. The minimum atomic E-state index is -0.620. The minimum absolute atomic E-state index is 0.0180. The highest BCUT2D eigenvalue weighted by atomic mass is 16.6. The van der Waals surface area contributed by atoms with E-state index in [0.29, 0.717) is 24.6 Å². The van der Waals surface area contributed by atoms with Gasteiger partial charge in [-0.05, 0) is 37.3 Å². The summed E-state index contributed by atoms with van der Waals surface area (Å²) < 4.78 is 22.7. The van der Waals surface area contributed by atoms with Gasteiger partial charge in [-0.25, -0.2) is 0 Å². The third kappa shape index (κ3) is 4.16. The summed E-state index contributed by atoms with van der Waals surface area (Å²) in [4.78, 5) is 17.3. The summed E-state index contributed by atoms with van der Waals surface area (Å²) in [5, 5.41) is 0. The molecule has 30 heavy (non-hydrogen) atoms. The van der Waals surface area contributed by atoms with Gasteiger partial charge in [0.05, 0.1) is 14.2 Å². The number of rotatable bonds is 5. The number of piperazine rings is 1. The molecule has 2 unspecified atom stereocenters. The molecule has 2 aromatic carbocycles. The maximum absolute atomic E-state index is 13.1. The molecule has 160 valence electrons. The zero-order valence-corrected chi connectivity index (χ0v) is 17.7. The fraction of sp³-hybridized carbons (Fsp3) is 0.435. The van der Waals surface area contributed by atoms with E-state index < -0.39 is 6.10 Å². The predicted octanol–water partition coefficient (Wildman–Crippen LogP) is 2.58. The zero-order valence-electron chi connectivity index (χ0n) is 17.7. The van der Waals surface area contributed by atoms with E-state index in [1.807, 2.05) is 54.3 Å². The molecule has 0 bridgehead atoms. The van der Waals surface area contributed by atoms with Crippen LogP contribution >= 0.6 is 0 Å². The Hall–Kier alpha value is -2.93. The maximum Gasteiger partial charge on any atom is 0.267 e. The van der Waals surface area contributed by atoms with Crippen LogP contribution in [0.1, 0.15) is 12.5 Å². The van der Waals surface area contributed by atoms with Crippen LogP contribution in [0.4, 0.5) is 0 Å². The first-order valence-electron chi connectivity index (χ1n) is 10.2. The van der Waals surface area contributed by atoms with Gasteiger partial charge in [0, 0.05) is 38.3 Å². The second-order valence-electron chi connectivity index (χ2n) is 7.59. The molecule has 2 heterocycles.